The van der Waals surface area contributed by atoms with Crippen molar-refractivity contribution in [3.63, 3.8) is 0 Å². The van der Waals surface area contributed by atoms with Gasteiger partial charge >= 0.3 is 0 Å². The smallest absolute Gasteiger partial charge is 0.272 e. The minimum Gasteiger partial charge on any atom is -0.455 e. The lowest BCUT2D eigenvalue weighted by atomic mass is 10.00. The molecule has 128 valence electrons. The van der Waals surface area contributed by atoms with Crippen LogP contribution in [-0.2, 0) is 4.79 Å². The number of hydrogen-bond acceptors (Lipinski definition) is 7. The number of nitro benzene ring substituents is 1. The second kappa shape index (κ2) is 6.89. The Morgan fingerprint density at radius 2 is 2.08 bits per heavy atom. The average Bonchev–Trinajstić information content (AvgIpc) is 3.19. The third-order valence-electron chi connectivity index (χ3n) is 3.77. The van der Waals surface area contributed by atoms with Crippen molar-refractivity contribution in [2.24, 2.45) is 10.2 Å². The highest BCUT2D eigenvalue weighted by molar-refractivity contribution is 8.15. The van der Waals surface area contributed by atoms with Crippen molar-refractivity contribution in [2.45, 2.75) is 13.8 Å². The fourth-order valence-electron chi connectivity index (χ4n) is 2.36. The lowest BCUT2D eigenvalue weighted by molar-refractivity contribution is -0.385. The SMILES string of the molecule is Cc1c(-c2ccc(C=NN=C3NC(=O)CS3)o2)ccc([N+](=O)[O-])c1C. The lowest BCUT2D eigenvalue weighted by Crippen LogP contribution is -2.19. The number of hydrogen-bond donors (Lipinski definition) is 1. The topological polar surface area (TPSA) is 110 Å². The van der Waals surface area contributed by atoms with E-state index in [-0.39, 0.29) is 11.6 Å². The van der Waals surface area contributed by atoms with E-state index in [4.69, 9.17) is 4.42 Å². The van der Waals surface area contributed by atoms with Gasteiger partial charge in [-0.1, -0.05) is 11.8 Å². The number of thioether (sulfide) groups is 1. The summed E-state index contributed by atoms with van der Waals surface area (Å²) in [5.41, 5.74) is 2.26. The monoisotopic (exact) mass is 358 g/mol. The van der Waals surface area contributed by atoms with Gasteiger partial charge in [-0.2, -0.15) is 5.10 Å². The summed E-state index contributed by atoms with van der Waals surface area (Å²) >= 11 is 1.28. The first-order chi connectivity index (χ1) is 12.0. The molecule has 1 aliphatic heterocycles. The Morgan fingerprint density at radius 1 is 1.28 bits per heavy atom. The molecule has 0 spiro atoms. The first-order valence-corrected chi connectivity index (χ1v) is 8.32. The molecule has 1 fully saturated rings. The molecule has 1 N–H and O–H groups in total. The summed E-state index contributed by atoms with van der Waals surface area (Å²) in [6.07, 6.45) is 1.44. The largest absolute Gasteiger partial charge is 0.455 e. The zero-order valence-corrected chi connectivity index (χ0v) is 14.3. The molecule has 2 aromatic rings. The third kappa shape index (κ3) is 3.61. The third-order valence-corrected chi connectivity index (χ3v) is 4.63. The van der Waals surface area contributed by atoms with Gasteiger partial charge in [0.15, 0.2) is 5.17 Å². The molecule has 9 heteroatoms. The van der Waals surface area contributed by atoms with E-state index in [1.807, 2.05) is 6.92 Å². The molecule has 1 aromatic heterocycles. The molecule has 0 aliphatic carbocycles. The van der Waals surface area contributed by atoms with Crippen molar-refractivity contribution < 1.29 is 14.1 Å². The Balaban J connectivity index is 1.81. The molecule has 8 nitrogen and oxygen atoms in total. The summed E-state index contributed by atoms with van der Waals surface area (Å²) in [7, 11) is 0. The maximum atomic E-state index is 11.0. The van der Waals surface area contributed by atoms with Crippen LogP contribution in [0.25, 0.3) is 11.3 Å². The second-order valence-electron chi connectivity index (χ2n) is 5.33. The maximum Gasteiger partial charge on any atom is 0.272 e. The maximum absolute atomic E-state index is 11.0. The van der Waals surface area contributed by atoms with Crippen LogP contribution in [-0.4, -0.2) is 28.0 Å². The van der Waals surface area contributed by atoms with Gasteiger partial charge < -0.3 is 9.73 Å². The van der Waals surface area contributed by atoms with Gasteiger partial charge in [0.1, 0.15) is 11.5 Å². The Morgan fingerprint density at radius 3 is 2.76 bits per heavy atom. The Kier molecular flexibility index (Phi) is 4.66. The van der Waals surface area contributed by atoms with Crippen molar-refractivity contribution in [3.05, 3.63) is 51.3 Å². The number of amidine groups is 1. The Hall–Kier alpha value is -2.94. The van der Waals surface area contributed by atoms with E-state index < -0.39 is 4.92 Å². The molecule has 0 atom stereocenters. The van der Waals surface area contributed by atoms with Crippen molar-refractivity contribution in [1.29, 1.82) is 0 Å². The Labute approximate surface area is 147 Å². The van der Waals surface area contributed by atoms with Gasteiger partial charge in [0, 0.05) is 17.2 Å². The fourth-order valence-corrected chi connectivity index (χ4v) is 2.99. The zero-order valence-electron chi connectivity index (χ0n) is 13.5. The minimum atomic E-state index is -0.398. The van der Waals surface area contributed by atoms with Gasteiger partial charge in [0.05, 0.1) is 16.9 Å². The van der Waals surface area contributed by atoms with Crippen LogP contribution in [0, 0.1) is 24.0 Å². The summed E-state index contributed by atoms with van der Waals surface area (Å²) in [6.45, 7) is 3.53. The quantitative estimate of drug-likeness (QED) is 0.513. The summed E-state index contributed by atoms with van der Waals surface area (Å²) in [5, 5.41) is 21.8. The highest BCUT2D eigenvalue weighted by Gasteiger charge is 2.17. The van der Waals surface area contributed by atoms with Crippen LogP contribution in [0.4, 0.5) is 5.69 Å². The number of nitro groups is 1. The number of carbonyl (C=O) groups excluding carboxylic acids is 1. The van der Waals surface area contributed by atoms with E-state index in [0.29, 0.717) is 28.0 Å². The van der Waals surface area contributed by atoms with Gasteiger partial charge in [-0.3, -0.25) is 14.9 Å². The van der Waals surface area contributed by atoms with Gasteiger partial charge in [0.25, 0.3) is 5.69 Å². The number of carbonyl (C=O) groups is 1. The first kappa shape index (κ1) is 16.9. The van der Waals surface area contributed by atoms with Gasteiger partial charge in [-0.05, 0) is 37.6 Å². The Bertz CT molecular complexity index is 917. The molecule has 0 radical (unpaired) electrons. The summed E-state index contributed by atoms with van der Waals surface area (Å²) in [4.78, 5) is 21.6. The van der Waals surface area contributed by atoms with Crippen LogP contribution in [0.15, 0.2) is 38.9 Å². The zero-order chi connectivity index (χ0) is 18.0. The normalized spacial score (nSPS) is 15.9. The molecule has 0 bridgehead atoms. The number of amides is 1. The van der Waals surface area contributed by atoms with Crippen LogP contribution in [0.5, 0.6) is 0 Å². The summed E-state index contributed by atoms with van der Waals surface area (Å²) in [5.74, 6) is 1.33. The van der Waals surface area contributed by atoms with Crippen LogP contribution in [0.3, 0.4) is 0 Å². The number of furan rings is 1. The van der Waals surface area contributed by atoms with E-state index in [0.717, 1.165) is 11.1 Å². The number of benzene rings is 1. The van der Waals surface area contributed by atoms with E-state index in [1.54, 1.807) is 25.1 Å². The standard InChI is InChI=1S/C16H14N4O4S/c1-9-10(2)13(20(22)23)5-4-12(9)14-6-3-11(24-14)7-17-19-16-18-15(21)8-25-16/h3-7H,8H2,1-2H3,(H,18,19,21). The molecule has 2 heterocycles. The number of nitrogens with one attached hydrogen (secondary N) is 1. The highest BCUT2D eigenvalue weighted by atomic mass is 32.2. The summed E-state index contributed by atoms with van der Waals surface area (Å²) in [6, 6.07) is 6.65. The van der Waals surface area contributed by atoms with Crippen molar-refractivity contribution in [2.75, 3.05) is 5.75 Å². The van der Waals surface area contributed by atoms with Crippen LogP contribution in [0.1, 0.15) is 16.9 Å². The summed E-state index contributed by atoms with van der Waals surface area (Å²) < 4.78 is 5.71. The predicted molar refractivity (Wildman–Crippen MR) is 95.9 cm³/mol. The molecule has 1 amide bonds. The van der Waals surface area contributed by atoms with E-state index in [2.05, 4.69) is 15.5 Å². The van der Waals surface area contributed by atoms with Crippen LogP contribution < -0.4 is 5.32 Å². The van der Waals surface area contributed by atoms with E-state index in [9.17, 15) is 14.9 Å². The highest BCUT2D eigenvalue weighted by Crippen LogP contribution is 2.31. The minimum absolute atomic E-state index is 0.0847. The van der Waals surface area contributed by atoms with Crippen LogP contribution in [0.2, 0.25) is 0 Å². The molecule has 1 aromatic carbocycles. The molecular formula is C16H14N4O4S. The second-order valence-corrected chi connectivity index (χ2v) is 6.29. The average molecular weight is 358 g/mol. The van der Waals surface area contributed by atoms with E-state index >= 15 is 0 Å². The molecular weight excluding hydrogens is 344 g/mol. The van der Waals surface area contributed by atoms with Crippen LogP contribution >= 0.6 is 11.8 Å². The molecule has 0 saturated carbocycles. The van der Waals surface area contributed by atoms with Gasteiger partial charge in [-0.15, -0.1) is 5.10 Å². The molecule has 1 aliphatic rings. The molecule has 25 heavy (non-hydrogen) atoms. The molecule has 1 saturated heterocycles. The van der Waals surface area contributed by atoms with Crippen molar-refractivity contribution in [1.82, 2.24) is 5.32 Å². The van der Waals surface area contributed by atoms with E-state index in [1.165, 1.54) is 24.0 Å². The van der Waals surface area contributed by atoms with Crippen molar-refractivity contribution in [3.8, 4) is 11.3 Å². The lowest BCUT2D eigenvalue weighted by Gasteiger charge is -2.06. The number of nitrogens with zero attached hydrogens (tertiary/aromatic N) is 3. The number of rotatable bonds is 4. The molecule has 3 rings (SSSR count). The first-order valence-electron chi connectivity index (χ1n) is 7.34. The molecule has 0 unspecified atom stereocenters. The predicted octanol–water partition coefficient (Wildman–Crippen LogP) is 3.02. The van der Waals surface area contributed by atoms with Gasteiger partial charge in [0.2, 0.25) is 5.91 Å². The van der Waals surface area contributed by atoms with Crippen molar-refractivity contribution >= 4 is 34.7 Å². The van der Waals surface area contributed by atoms with Gasteiger partial charge in [-0.25, -0.2) is 0 Å². The fraction of sp³-hybridized carbons (Fsp3) is 0.188.